The van der Waals surface area contributed by atoms with Gasteiger partial charge in [-0.05, 0) is 23.9 Å². The largest absolute Gasteiger partial charge is 0.556 e. The molecule has 2 rings (SSSR count). The van der Waals surface area contributed by atoms with Crippen molar-refractivity contribution < 1.29 is 4.65 Å². The number of benzene rings is 2. The van der Waals surface area contributed by atoms with Crippen molar-refractivity contribution in [3.63, 3.8) is 0 Å². The molecule has 2 aromatic rings. The Bertz CT molecular complexity index is 445. The standard InChI is InChI=1S/C16H19BO.B/c1-2-3-14-17(15-10-6-4-7-11-15)18-16-12-8-5-9-13-16;/h4-13H,2-3,14H2,1H3;. The van der Waals surface area contributed by atoms with E-state index >= 15 is 0 Å². The van der Waals surface area contributed by atoms with Crippen molar-refractivity contribution in [2.24, 2.45) is 0 Å². The van der Waals surface area contributed by atoms with Crippen molar-refractivity contribution in [2.45, 2.75) is 26.1 Å². The third-order valence-electron chi connectivity index (χ3n) is 3.01. The van der Waals surface area contributed by atoms with Crippen LogP contribution in [0.1, 0.15) is 19.8 Å². The van der Waals surface area contributed by atoms with Crippen LogP contribution in [0.5, 0.6) is 5.75 Å². The molecule has 3 heteroatoms. The lowest BCUT2D eigenvalue weighted by atomic mass is 9.57. The Labute approximate surface area is 118 Å². The maximum absolute atomic E-state index is 6.10. The lowest BCUT2D eigenvalue weighted by molar-refractivity contribution is 0.573. The van der Waals surface area contributed by atoms with Gasteiger partial charge in [0.1, 0.15) is 0 Å². The van der Waals surface area contributed by atoms with Gasteiger partial charge < -0.3 is 4.65 Å². The van der Waals surface area contributed by atoms with Gasteiger partial charge in [0.2, 0.25) is 0 Å². The SMILES string of the molecule is CCCCB(Oc1ccccc1)c1ccccc1.[B]. The summed E-state index contributed by atoms with van der Waals surface area (Å²) in [4.78, 5) is 0. The Morgan fingerprint density at radius 2 is 1.47 bits per heavy atom. The van der Waals surface area contributed by atoms with Gasteiger partial charge in [0.05, 0.1) is 5.75 Å². The molecule has 0 bridgehead atoms. The zero-order valence-electron chi connectivity index (χ0n) is 11.5. The highest BCUT2D eigenvalue weighted by Gasteiger charge is 2.19. The highest BCUT2D eigenvalue weighted by atomic mass is 16.4. The normalized spacial score (nSPS) is 9.53. The molecule has 19 heavy (non-hydrogen) atoms. The summed E-state index contributed by atoms with van der Waals surface area (Å²) in [5.74, 6) is 0.947. The van der Waals surface area contributed by atoms with Crippen molar-refractivity contribution >= 4 is 20.8 Å². The lowest BCUT2D eigenvalue weighted by Crippen LogP contribution is -2.36. The smallest absolute Gasteiger partial charge is 0.391 e. The summed E-state index contributed by atoms with van der Waals surface area (Å²) >= 11 is 0. The van der Waals surface area contributed by atoms with Crippen molar-refractivity contribution in [2.75, 3.05) is 0 Å². The van der Waals surface area contributed by atoms with Crippen LogP contribution >= 0.6 is 0 Å². The van der Waals surface area contributed by atoms with Crippen LogP contribution in [0.2, 0.25) is 6.32 Å². The van der Waals surface area contributed by atoms with Crippen molar-refractivity contribution in [3.05, 3.63) is 60.7 Å². The highest BCUT2D eigenvalue weighted by Crippen LogP contribution is 2.13. The fourth-order valence-corrected chi connectivity index (χ4v) is 2.01. The number of hydrogen-bond donors (Lipinski definition) is 0. The van der Waals surface area contributed by atoms with Crippen molar-refractivity contribution in [1.82, 2.24) is 0 Å². The fraction of sp³-hybridized carbons (Fsp3) is 0.250. The average molecular weight is 249 g/mol. The molecule has 0 aliphatic heterocycles. The molecule has 0 saturated heterocycles. The van der Waals surface area contributed by atoms with Gasteiger partial charge in [-0.3, -0.25) is 0 Å². The summed E-state index contributed by atoms with van der Waals surface area (Å²) < 4.78 is 6.10. The quantitative estimate of drug-likeness (QED) is 0.713. The lowest BCUT2D eigenvalue weighted by Gasteiger charge is -2.15. The van der Waals surface area contributed by atoms with Crippen LogP contribution in [0.4, 0.5) is 0 Å². The minimum absolute atomic E-state index is 0. The molecule has 0 atom stereocenters. The van der Waals surface area contributed by atoms with Gasteiger partial charge in [-0.1, -0.05) is 68.3 Å². The van der Waals surface area contributed by atoms with E-state index in [0.717, 1.165) is 12.1 Å². The van der Waals surface area contributed by atoms with Gasteiger partial charge in [0.25, 0.3) is 0 Å². The summed E-state index contributed by atoms with van der Waals surface area (Å²) in [6.07, 6.45) is 3.45. The van der Waals surface area contributed by atoms with Gasteiger partial charge in [-0.25, -0.2) is 0 Å². The molecule has 95 valence electrons. The second-order valence-electron chi connectivity index (χ2n) is 4.47. The molecule has 0 fully saturated rings. The molecule has 1 nitrogen and oxygen atoms in total. The first-order valence-corrected chi connectivity index (χ1v) is 6.67. The maximum atomic E-state index is 6.10. The van der Waals surface area contributed by atoms with Crippen LogP contribution in [0.3, 0.4) is 0 Å². The maximum Gasteiger partial charge on any atom is 0.391 e. The molecule has 0 amide bonds. The van der Waals surface area contributed by atoms with Gasteiger partial charge >= 0.3 is 6.92 Å². The van der Waals surface area contributed by atoms with Crippen LogP contribution in [0.25, 0.3) is 0 Å². The Kier molecular flexibility index (Phi) is 6.88. The number of rotatable bonds is 6. The van der Waals surface area contributed by atoms with Gasteiger partial charge in [0, 0.05) is 8.41 Å². The highest BCUT2D eigenvalue weighted by molar-refractivity contribution is 6.68. The predicted octanol–water partition coefficient (Wildman–Crippen LogP) is 3.38. The van der Waals surface area contributed by atoms with E-state index in [1.54, 1.807) is 0 Å². The second-order valence-corrected chi connectivity index (χ2v) is 4.47. The first-order chi connectivity index (χ1) is 8.90. The van der Waals surface area contributed by atoms with Crippen LogP contribution in [-0.2, 0) is 0 Å². The first-order valence-electron chi connectivity index (χ1n) is 6.67. The Morgan fingerprint density at radius 1 is 0.895 bits per heavy atom. The summed E-state index contributed by atoms with van der Waals surface area (Å²) in [6, 6.07) is 20.5. The molecule has 2 aromatic carbocycles. The van der Waals surface area contributed by atoms with E-state index in [1.807, 2.05) is 36.4 Å². The first kappa shape index (κ1) is 15.4. The summed E-state index contributed by atoms with van der Waals surface area (Å²) in [5.41, 5.74) is 1.26. The van der Waals surface area contributed by atoms with Crippen molar-refractivity contribution in [3.8, 4) is 5.75 Å². The summed E-state index contributed by atoms with van der Waals surface area (Å²) in [5, 5.41) is 0. The third-order valence-corrected chi connectivity index (χ3v) is 3.01. The minimum Gasteiger partial charge on any atom is -0.556 e. The van der Waals surface area contributed by atoms with E-state index in [9.17, 15) is 0 Å². The average Bonchev–Trinajstić information content (AvgIpc) is 2.45. The predicted molar refractivity (Wildman–Crippen MR) is 84.4 cm³/mol. The molecule has 0 unspecified atom stereocenters. The van der Waals surface area contributed by atoms with E-state index < -0.39 is 0 Å². The Balaban J connectivity index is 0.00000180. The molecule has 0 N–H and O–H groups in total. The third kappa shape index (κ3) is 4.86. The van der Waals surface area contributed by atoms with Crippen LogP contribution in [0.15, 0.2) is 60.7 Å². The molecule has 0 heterocycles. The molecule has 0 aliphatic carbocycles. The van der Waals surface area contributed by atoms with Gasteiger partial charge in [-0.2, -0.15) is 0 Å². The van der Waals surface area contributed by atoms with E-state index in [2.05, 4.69) is 31.2 Å². The number of hydrogen-bond acceptors (Lipinski definition) is 1. The van der Waals surface area contributed by atoms with Crippen LogP contribution in [-0.4, -0.2) is 15.3 Å². The van der Waals surface area contributed by atoms with E-state index in [4.69, 9.17) is 4.65 Å². The molecular formula is C16H19B2O. The fourth-order valence-electron chi connectivity index (χ4n) is 2.01. The number of para-hydroxylation sites is 1. The Morgan fingerprint density at radius 3 is 2.05 bits per heavy atom. The van der Waals surface area contributed by atoms with Gasteiger partial charge in [-0.15, -0.1) is 0 Å². The summed E-state index contributed by atoms with van der Waals surface area (Å²) in [6.45, 7) is 2.37. The van der Waals surface area contributed by atoms with Crippen molar-refractivity contribution in [1.29, 1.82) is 0 Å². The van der Waals surface area contributed by atoms with Crippen LogP contribution < -0.4 is 10.1 Å². The number of unbranched alkanes of at least 4 members (excludes halogenated alkanes) is 1. The zero-order valence-corrected chi connectivity index (χ0v) is 11.5. The molecule has 0 aromatic heterocycles. The summed E-state index contributed by atoms with van der Waals surface area (Å²) in [7, 11) is 0. The molecule has 0 spiro atoms. The second kappa shape index (κ2) is 8.47. The monoisotopic (exact) mass is 249 g/mol. The zero-order chi connectivity index (χ0) is 12.6. The Hall–Kier alpha value is -1.63. The topological polar surface area (TPSA) is 9.23 Å². The van der Waals surface area contributed by atoms with E-state index in [-0.39, 0.29) is 15.3 Å². The molecule has 0 aliphatic rings. The van der Waals surface area contributed by atoms with Crippen LogP contribution in [0, 0.1) is 0 Å². The minimum atomic E-state index is 0. The van der Waals surface area contributed by atoms with E-state index in [0.29, 0.717) is 0 Å². The molecule has 0 saturated carbocycles. The van der Waals surface area contributed by atoms with Gasteiger partial charge in [0.15, 0.2) is 0 Å². The molecule has 3 radical (unpaired) electrons. The van der Waals surface area contributed by atoms with E-state index in [1.165, 1.54) is 18.3 Å². The molecular weight excluding hydrogens is 230 g/mol.